The summed E-state index contributed by atoms with van der Waals surface area (Å²) in [4.78, 5) is 18.9. The van der Waals surface area contributed by atoms with E-state index in [-0.39, 0.29) is 0 Å². The Balaban J connectivity index is 2.04. The van der Waals surface area contributed by atoms with Gasteiger partial charge in [0, 0.05) is 23.6 Å². The van der Waals surface area contributed by atoms with E-state index in [1.807, 2.05) is 48.5 Å². The van der Waals surface area contributed by atoms with Crippen molar-refractivity contribution in [2.24, 2.45) is 5.73 Å². The summed E-state index contributed by atoms with van der Waals surface area (Å²) < 4.78 is 6.12. The van der Waals surface area contributed by atoms with E-state index < -0.39 is 5.91 Å². The summed E-state index contributed by atoms with van der Waals surface area (Å²) in [6, 6.07) is 17.2. The first-order chi connectivity index (χ1) is 13.1. The van der Waals surface area contributed by atoms with Crippen LogP contribution in [0.15, 0.2) is 54.6 Å². The fourth-order valence-corrected chi connectivity index (χ4v) is 3.12. The Morgan fingerprint density at radius 1 is 1.07 bits per heavy atom. The number of benzene rings is 2. The lowest BCUT2D eigenvalue weighted by atomic mass is 10.1. The summed E-state index contributed by atoms with van der Waals surface area (Å²) in [5, 5.41) is 0.797. The number of likely N-dealkylation sites (N-methyl/N-ethyl adjacent to an activating group) is 1. The van der Waals surface area contributed by atoms with Crippen molar-refractivity contribution < 1.29 is 9.53 Å². The molecular formula is C22H25N3O2. The molecule has 0 unspecified atom stereocenters. The lowest BCUT2D eigenvalue weighted by Crippen LogP contribution is -2.27. The lowest BCUT2D eigenvalue weighted by Gasteiger charge is -2.19. The van der Waals surface area contributed by atoms with Gasteiger partial charge >= 0.3 is 0 Å². The quantitative estimate of drug-likeness (QED) is 0.662. The molecule has 1 aromatic heterocycles. The third-order valence-electron chi connectivity index (χ3n) is 4.70. The number of para-hydroxylation sites is 1. The highest BCUT2D eigenvalue weighted by molar-refractivity contribution is 6.06. The average Bonchev–Trinajstić information content (AvgIpc) is 2.71. The Kier molecular flexibility index (Phi) is 6.04. The maximum Gasteiger partial charge on any atom is 0.250 e. The van der Waals surface area contributed by atoms with E-state index in [1.165, 1.54) is 0 Å². The molecule has 5 nitrogen and oxygen atoms in total. The average molecular weight is 363 g/mol. The smallest absolute Gasteiger partial charge is 0.250 e. The van der Waals surface area contributed by atoms with Crippen LogP contribution in [0.2, 0.25) is 0 Å². The van der Waals surface area contributed by atoms with Gasteiger partial charge in [-0.1, -0.05) is 50.2 Å². The molecule has 2 aromatic carbocycles. The molecule has 0 saturated carbocycles. The van der Waals surface area contributed by atoms with Crippen LogP contribution in [0.25, 0.3) is 22.2 Å². The summed E-state index contributed by atoms with van der Waals surface area (Å²) in [5.41, 5.74) is 8.27. The molecule has 1 amide bonds. The second kappa shape index (κ2) is 8.64. The Hall–Kier alpha value is -2.92. The van der Waals surface area contributed by atoms with Gasteiger partial charge < -0.3 is 15.4 Å². The number of rotatable bonds is 8. The highest BCUT2D eigenvalue weighted by Gasteiger charge is 2.14. The molecule has 0 aliphatic heterocycles. The van der Waals surface area contributed by atoms with Crippen LogP contribution >= 0.6 is 0 Å². The van der Waals surface area contributed by atoms with Crippen molar-refractivity contribution in [2.75, 3.05) is 26.2 Å². The van der Waals surface area contributed by atoms with E-state index in [0.717, 1.165) is 36.3 Å². The van der Waals surface area contributed by atoms with Crippen LogP contribution in [-0.4, -0.2) is 42.0 Å². The highest BCUT2D eigenvalue weighted by Crippen LogP contribution is 2.31. The zero-order chi connectivity index (χ0) is 19.2. The Morgan fingerprint density at radius 3 is 2.48 bits per heavy atom. The van der Waals surface area contributed by atoms with Gasteiger partial charge in [0.2, 0.25) is 0 Å². The van der Waals surface area contributed by atoms with Crippen molar-refractivity contribution in [2.45, 2.75) is 13.8 Å². The number of primary amides is 1. The predicted octanol–water partition coefficient (Wildman–Crippen LogP) is 3.72. The van der Waals surface area contributed by atoms with Gasteiger partial charge in [-0.15, -0.1) is 0 Å². The summed E-state index contributed by atoms with van der Waals surface area (Å²) >= 11 is 0. The number of aromatic nitrogens is 1. The van der Waals surface area contributed by atoms with Crippen molar-refractivity contribution in [3.63, 3.8) is 0 Å². The number of pyridine rings is 1. The first-order valence-electron chi connectivity index (χ1n) is 9.28. The van der Waals surface area contributed by atoms with Crippen LogP contribution in [0.4, 0.5) is 0 Å². The number of hydrogen-bond acceptors (Lipinski definition) is 4. The van der Waals surface area contributed by atoms with Crippen LogP contribution in [0.1, 0.15) is 24.2 Å². The van der Waals surface area contributed by atoms with Gasteiger partial charge in [-0.2, -0.15) is 0 Å². The van der Waals surface area contributed by atoms with E-state index in [9.17, 15) is 4.79 Å². The minimum atomic E-state index is -0.493. The molecule has 27 heavy (non-hydrogen) atoms. The number of carbonyl (C=O) groups excluding carboxylic acids is 1. The van der Waals surface area contributed by atoms with Crippen molar-refractivity contribution in [1.29, 1.82) is 0 Å². The number of nitrogens with two attached hydrogens (primary N) is 1. The third kappa shape index (κ3) is 4.26. The minimum absolute atomic E-state index is 0.402. The first kappa shape index (κ1) is 18.9. The lowest BCUT2D eigenvalue weighted by molar-refractivity contribution is 0.100. The van der Waals surface area contributed by atoms with Crippen LogP contribution < -0.4 is 10.5 Å². The van der Waals surface area contributed by atoms with Gasteiger partial charge in [0.25, 0.3) is 5.91 Å². The van der Waals surface area contributed by atoms with Crippen molar-refractivity contribution in [1.82, 2.24) is 9.88 Å². The van der Waals surface area contributed by atoms with Crippen LogP contribution in [0, 0.1) is 0 Å². The summed E-state index contributed by atoms with van der Waals surface area (Å²) in [5.74, 6) is 0.224. The fraction of sp³-hybridized carbons (Fsp3) is 0.273. The van der Waals surface area contributed by atoms with E-state index in [1.54, 1.807) is 6.07 Å². The molecule has 0 atom stereocenters. The van der Waals surface area contributed by atoms with Crippen molar-refractivity contribution >= 4 is 16.8 Å². The molecule has 140 valence electrons. The van der Waals surface area contributed by atoms with Gasteiger partial charge in [-0.05, 0) is 25.2 Å². The number of hydrogen-bond donors (Lipinski definition) is 1. The number of amides is 1. The second-order valence-electron chi connectivity index (χ2n) is 6.31. The van der Waals surface area contributed by atoms with Gasteiger partial charge in [0.1, 0.15) is 12.4 Å². The van der Waals surface area contributed by atoms with Crippen molar-refractivity contribution in [3.05, 3.63) is 60.2 Å². The molecule has 2 N–H and O–H groups in total. The summed E-state index contributed by atoms with van der Waals surface area (Å²) in [7, 11) is 0. The van der Waals surface area contributed by atoms with Gasteiger partial charge in [0.15, 0.2) is 0 Å². The first-order valence-corrected chi connectivity index (χ1v) is 9.28. The zero-order valence-corrected chi connectivity index (χ0v) is 15.8. The summed E-state index contributed by atoms with van der Waals surface area (Å²) in [6.07, 6.45) is 0. The summed E-state index contributed by atoms with van der Waals surface area (Å²) in [6.45, 7) is 7.65. The van der Waals surface area contributed by atoms with Gasteiger partial charge in [-0.25, -0.2) is 4.98 Å². The number of fused-ring (bicyclic) bond motifs is 1. The molecule has 0 saturated heterocycles. The Bertz CT molecular complexity index is 921. The Morgan fingerprint density at radius 2 is 1.81 bits per heavy atom. The van der Waals surface area contributed by atoms with E-state index >= 15 is 0 Å². The van der Waals surface area contributed by atoms with Crippen LogP contribution in [0.5, 0.6) is 5.75 Å². The number of ether oxygens (including phenoxy) is 1. The van der Waals surface area contributed by atoms with E-state index in [2.05, 4.69) is 18.7 Å². The van der Waals surface area contributed by atoms with Gasteiger partial charge in [0.05, 0.1) is 16.8 Å². The zero-order valence-electron chi connectivity index (χ0n) is 15.8. The largest absolute Gasteiger partial charge is 0.491 e. The standard InChI is InChI=1S/C22H25N3O2/c1-3-25(4-2)13-14-27-20-15-19(16-9-6-5-7-10-16)24-21-17(20)11-8-12-18(21)22(23)26/h5-12,15H,3-4,13-14H2,1-2H3,(H2,23,26). The van der Waals surface area contributed by atoms with Crippen molar-refractivity contribution in [3.8, 4) is 17.0 Å². The molecular weight excluding hydrogens is 338 g/mol. The maximum absolute atomic E-state index is 11.9. The molecule has 5 heteroatoms. The number of nitrogens with zero attached hydrogens (tertiary/aromatic N) is 2. The molecule has 3 rings (SSSR count). The topological polar surface area (TPSA) is 68.4 Å². The SMILES string of the molecule is CCN(CC)CCOc1cc(-c2ccccc2)nc2c(C(N)=O)cccc12. The molecule has 0 aliphatic carbocycles. The third-order valence-corrected chi connectivity index (χ3v) is 4.70. The molecule has 0 bridgehead atoms. The molecule has 0 spiro atoms. The van der Waals surface area contributed by atoms with Crippen LogP contribution in [0.3, 0.4) is 0 Å². The number of carbonyl (C=O) groups is 1. The normalized spacial score (nSPS) is 11.1. The van der Waals surface area contributed by atoms with E-state index in [0.29, 0.717) is 23.4 Å². The molecule has 0 fully saturated rings. The predicted molar refractivity (Wildman–Crippen MR) is 109 cm³/mol. The molecule has 1 heterocycles. The molecule has 3 aromatic rings. The Labute approximate surface area is 159 Å². The van der Waals surface area contributed by atoms with Gasteiger partial charge in [-0.3, -0.25) is 4.79 Å². The second-order valence-corrected chi connectivity index (χ2v) is 6.31. The molecule has 0 radical (unpaired) electrons. The maximum atomic E-state index is 11.9. The van der Waals surface area contributed by atoms with E-state index in [4.69, 9.17) is 15.5 Å². The fourth-order valence-electron chi connectivity index (χ4n) is 3.12. The molecule has 0 aliphatic rings. The minimum Gasteiger partial charge on any atom is -0.491 e. The van der Waals surface area contributed by atoms with Crippen LogP contribution in [-0.2, 0) is 0 Å². The monoisotopic (exact) mass is 363 g/mol. The highest BCUT2D eigenvalue weighted by atomic mass is 16.5.